The van der Waals surface area contributed by atoms with Gasteiger partial charge in [0, 0.05) is 11.9 Å². The van der Waals surface area contributed by atoms with Gasteiger partial charge in [0.25, 0.3) is 0 Å². The zero-order valence-corrected chi connectivity index (χ0v) is 12.2. The molecule has 1 aromatic carbocycles. The van der Waals surface area contributed by atoms with Gasteiger partial charge in [0.05, 0.1) is 17.6 Å². The molecule has 0 fully saturated rings. The molecule has 5 heteroatoms. The number of para-hydroxylation sites is 1. The first-order chi connectivity index (χ1) is 9.58. The smallest absolute Gasteiger partial charge is 0.223 e. The number of carbonyl (C=O) groups excluding carboxylic acids is 1. The summed E-state index contributed by atoms with van der Waals surface area (Å²) in [4.78, 5) is 13.3. The van der Waals surface area contributed by atoms with Crippen molar-refractivity contribution in [3.63, 3.8) is 0 Å². The van der Waals surface area contributed by atoms with Gasteiger partial charge >= 0.3 is 0 Å². The molecule has 1 heterocycles. The van der Waals surface area contributed by atoms with Gasteiger partial charge < -0.3 is 10.6 Å². The van der Waals surface area contributed by atoms with Crippen molar-refractivity contribution in [2.24, 2.45) is 5.73 Å². The van der Waals surface area contributed by atoms with Crippen molar-refractivity contribution in [2.45, 2.75) is 25.8 Å². The van der Waals surface area contributed by atoms with E-state index in [1.54, 1.807) is 0 Å². The molecule has 0 aliphatic carbocycles. The Morgan fingerprint density at radius 2 is 2.05 bits per heavy atom. The van der Waals surface area contributed by atoms with E-state index in [9.17, 15) is 4.79 Å². The normalized spacial score (nSPS) is 11.3. The zero-order chi connectivity index (χ0) is 14.5. The van der Waals surface area contributed by atoms with Crippen LogP contribution in [0.3, 0.4) is 0 Å². The van der Waals surface area contributed by atoms with Crippen molar-refractivity contribution < 1.29 is 4.79 Å². The highest BCUT2D eigenvalue weighted by molar-refractivity contribution is 5.87. The highest BCUT2D eigenvalue weighted by Gasteiger charge is 2.11. The lowest BCUT2D eigenvalue weighted by atomic mass is 10.1. The first kappa shape index (κ1) is 14.5. The van der Waals surface area contributed by atoms with Gasteiger partial charge in [-0.3, -0.25) is 9.48 Å². The fourth-order valence-electron chi connectivity index (χ4n) is 2.35. The lowest BCUT2D eigenvalue weighted by molar-refractivity contribution is -0.117. The quantitative estimate of drug-likeness (QED) is 0.776. The molecular formula is C15H22N4O. The molecule has 0 aliphatic heterocycles. The van der Waals surface area contributed by atoms with Crippen LogP contribution in [0.5, 0.6) is 0 Å². The van der Waals surface area contributed by atoms with Gasteiger partial charge in [0.1, 0.15) is 0 Å². The van der Waals surface area contributed by atoms with Crippen molar-refractivity contribution in [3.05, 3.63) is 30.0 Å². The molecular weight excluding hydrogens is 252 g/mol. The van der Waals surface area contributed by atoms with E-state index in [4.69, 9.17) is 5.73 Å². The molecule has 2 N–H and O–H groups in total. The van der Waals surface area contributed by atoms with Gasteiger partial charge in [0.2, 0.25) is 5.91 Å². The maximum absolute atomic E-state index is 11.1. The molecule has 5 nitrogen and oxygen atoms in total. The summed E-state index contributed by atoms with van der Waals surface area (Å²) in [5.74, 6) is -0.340. The van der Waals surface area contributed by atoms with E-state index in [-0.39, 0.29) is 12.3 Å². The van der Waals surface area contributed by atoms with E-state index in [1.165, 1.54) is 0 Å². The van der Waals surface area contributed by atoms with E-state index >= 15 is 0 Å². The standard InChI is InChI=1S/C15H22N4O/c1-18(2)9-5-6-10-19-14-8-4-3-7-12(14)13(17-19)11-15(16)20/h3-4,7-8H,5-6,9-11H2,1-2H3,(H2,16,20). The van der Waals surface area contributed by atoms with Crippen molar-refractivity contribution in [3.8, 4) is 0 Å². The summed E-state index contributed by atoms with van der Waals surface area (Å²) in [6.07, 6.45) is 2.40. The van der Waals surface area contributed by atoms with Crippen molar-refractivity contribution in [1.29, 1.82) is 0 Å². The Hall–Kier alpha value is -1.88. The molecule has 0 atom stereocenters. The Balaban J connectivity index is 2.14. The minimum absolute atomic E-state index is 0.200. The van der Waals surface area contributed by atoms with Crippen LogP contribution in [0, 0.1) is 0 Å². The summed E-state index contributed by atoms with van der Waals surface area (Å²) in [6.45, 7) is 1.94. The molecule has 0 spiro atoms. The van der Waals surface area contributed by atoms with Crippen molar-refractivity contribution in [2.75, 3.05) is 20.6 Å². The van der Waals surface area contributed by atoms with Gasteiger partial charge in [-0.2, -0.15) is 5.10 Å². The van der Waals surface area contributed by atoms with Gasteiger partial charge in [-0.15, -0.1) is 0 Å². The number of hydrogen-bond donors (Lipinski definition) is 1. The third-order valence-electron chi connectivity index (χ3n) is 3.30. The summed E-state index contributed by atoms with van der Waals surface area (Å²) >= 11 is 0. The SMILES string of the molecule is CN(C)CCCCn1nc(CC(N)=O)c2ccccc21. The van der Waals surface area contributed by atoms with Gasteiger partial charge in [-0.1, -0.05) is 18.2 Å². The van der Waals surface area contributed by atoms with Crippen LogP contribution in [0.2, 0.25) is 0 Å². The average molecular weight is 274 g/mol. The van der Waals surface area contributed by atoms with Gasteiger partial charge in [0.15, 0.2) is 0 Å². The first-order valence-electron chi connectivity index (χ1n) is 6.95. The monoisotopic (exact) mass is 274 g/mol. The lowest BCUT2D eigenvalue weighted by Gasteiger charge is -2.09. The highest BCUT2D eigenvalue weighted by atomic mass is 16.1. The van der Waals surface area contributed by atoms with E-state index in [0.29, 0.717) is 0 Å². The second kappa shape index (κ2) is 6.52. The molecule has 0 saturated carbocycles. The van der Waals surface area contributed by atoms with Crippen LogP contribution in [-0.2, 0) is 17.8 Å². The molecule has 0 aliphatic rings. The fourth-order valence-corrected chi connectivity index (χ4v) is 2.35. The number of benzene rings is 1. The van der Waals surface area contributed by atoms with Crippen LogP contribution >= 0.6 is 0 Å². The van der Waals surface area contributed by atoms with Crippen LogP contribution in [-0.4, -0.2) is 41.2 Å². The van der Waals surface area contributed by atoms with Gasteiger partial charge in [-0.05, 0) is 39.5 Å². The Labute approximate surface area is 119 Å². The van der Waals surface area contributed by atoms with Crippen LogP contribution in [0.4, 0.5) is 0 Å². The number of unbranched alkanes of at least 4 members (excludes halogenated alkanes) is 1. The number of carbonyl (C=O) groups is 1. The lowest BCUT2D eigenvalue weighted by Crippen LogP contribution is -2.15. The average Bonchev–Trinajstić information content (AvgIpc) is 2.73. The largest absolute Gasteiger partial charge is 0.369 e. The number of nitrogens with zero attached hydrogens (tertiary/aromatic N) is 3. The van der Waals surface area contributed by atoms with Crippen molar-refractivity contribution >= 4 is 16.8 Å². The molecule has 1 amide bonds. The summed E-state index contributed by atoms with van der Waals surface area (Å²) < 4.78 is 1.99. The Kier molecular flexibility index (Phi) is 4.74. The second-order valence-electron chi connectivity index (χ2n) is 5.34. The third kappa shape index (κ3) is 3.57. The summed E-state index contributed by atoms with van der Waals surface area (Å²) in [6, 6.07) is 8.00. The molecule has 108 valence electrons. The van der Waals surface area contributed by atoms with E-state index in [1.807, 2.05) is 28.9 Å². The number of amides is 1. The Bertz CT molecular complexity index is 589. The Morgan fingerprint density at radius 1 is 1.30 bits per heavy atom. The second-order valence-corrected chi connectivity index (χ2v) is 5.34. The molecule has 20 heavy (non-hydrogen) atoms. The van der Waals surface area contributed by atoms with Crippen LogP contribution in [0.1, 0.15) is 18.5 Å². The number of hydrogen-bond acceptors (Lipinski definition) is 3. The van der Waals surface area contributed by atoms with Crippen LogP contribution in [0.25, 0.3) is 10.9 Å². The van der Waals surface area contributed by atoms with Crippen LogP contribution in [0.15, 0.2) is 24.3 Å². The molecule has 0 unspecified atom stereocenters. The number of rotatable bonds is 7. The predicted octanol–water partition coefficient (Wildman–Crippen LogP) is 1.41. The molecule has 1 aromatic heterocycles. The molecule has 2 aromatic rings. The van der Waals surface area contributed by atoms with E-state index in [2.05, 4.69) is 24.1 Å². The molecule has 0 radical (unpaired) electrons. The van der Waals surface area contributed by atoms with E-state index in [0.717, 1.165) is 42.5 Å². The van der Waals surface area contributed by atoms with Crippen molar-refractivity contribution in [1.82, 2.24) is 14.7 Å². The minimum atomic E-state index is -0.340. The maximum Gasteiger partial charge on any atom is 0.223 e. The topological polar surface area (TPSA) is 64.2 Å². The molecule has 0 saturated heterocycles. The number of nitrogens with two attached hydrogens (primary N) is 1. The predicted molar refractivity (Wildman–Crippen MR) is 80.4 cm³/mol. The fraction of sp³-hybridized carbons (Fsp3) is 0.467. The third-order valence-corrected chi connectivity index (χ3v) is 3.30. The summed E-state index contributed by atoms with van der Waals surface area (Å²) in [5.41, 5.74) is 7.14. The van der Waals surface area contributed by atoms with Crippen LogP contribution < -0.4 is 5.73 Å². The first-order valence-corrected chi connectivity index (χ1v) is 6.95. The zero-order valence-electron chi connectivity index (χ0n) is 12.2. The number of primary amides is 1. The Morgan fingerprint density at radius 3 is 2.75 bits per heavy atom. The number of aromatic nitrogens is 2. The number of aryl methyl sites for hydroxylation is 1. The van der Waals surface area contributed by atoms with Gasteiger partial charge in [-0.25, -0.2) is 0 Å². The summed E-state index contributed by atoms with van der Waals surface area (Å²) in [7, 11) is 4.16. The molecule has 0 bridgehead atoms. The maximum atomic E-state index is 11.1. The van der Waals surface area contributed by atoms with E-state index < -0.39 is 0 Å². The summed E-state index contributed by atoms with van der Waals surface area (Å²) in [5, 5.41) is 5.58. The molecule has 2 rings (SSSR count). The number of fused-ring (bicyclic) bond motifs is 1. The minimum Gasteiger partial charge on any atom is -0.369 e. The highest BCUT2D eigenvalue weighted by Crippen LogP contribution is 2.19.